The Hall–Kier alpha value is -0.490. The first kappa shape index (κ1) is 12.6. The number of nitrogens with two attached hydrogens (primary N) is 1. The molecule has 0 radical (unpaired) electrons. The molecule has 0 aliphatic rings. The van der Waals surface area contributed by atoms with Gasteiger partial charge in [0.15, 0.2) is 0 Å². The van der Waals surface area contributed by atoms with Gasteiger partial charge in [0.05, 0.1) is 6.04 Å². The molecule has 3 nitrogen and oxygen atoms in total. The van der Waals surface area contributed by atoms with Crippen LogP contribution in [0.5, 0.6) is 0 Å². The highest BCUT2D eigenvalue weighted by Crippen LogP contribution is 2.21. The minimum atomic E-state index is -0.247. The molecule has 0 fully saturated rings. The molecule has 1 atom stereocenters. The Bertz CT molecular complexity index is 330. The zero-order valence-electron chi connectivity index (χ0n) is 8.80. The third-order valence-electron chi connectivity index (χ3n) is 1.98. The summed E-state index contributed by atoms with van der Waals surface area (Å²) in [4.78, 5) is 0. The van der Waals surface area contributed by atoms with Crippen LogP contribution in [0.15, 0.2) is 22.7 Å². The molecule has 1 aromatic carbocycles. The lowest BCUT2D eigenvalue weighted by atomic mass is 10.1. The fourth-order valence-electron chi connectivity index (χ4n) is 1.34. The molecule has 1 rings (SSSR count). The van der Waals surface area contributed by atoms with Crippen LogP contribution >= 0.6 is 15.9 Å². The van der Waals surface area contributed by atoms with Gasteiger partial charge in [-0.15, -0.1) is 0 Å². The summed E-state index contributed by atoms with van der Waals surface area (Å²) in [6.07, 6.45) is 0. The zero-order chi connectivity index (χ0) is 11.4. The minimum absolute atomic E-state index is 0.211. The maximum absolute atomic E-state index is 13.5. The topological polar surface area (TPSA) is 41.3 Å². The van der Waals surface area contributed by atoms with Gasteiger partial charge >= 0.3 is 0 Å². The molecule has 0 amide bonds. The first-order valence-corrected chi connectivity index (χ1v) is 5.42. The van der Waals surface area contributed by atoms with Gasteiger partial charge in [0, 0.05) is 30.7 Å². The fourth-order valence-corrected chi connectivity index (χ4v) is 1.72. The summed E-state index contributed by atoms with van der Waals surface area (Å²) < 4.78 is 14.4. The molecule has 0 spiro atoms. The van der Waals surface area contributed by atoms with E-state index < -0.39 is 0 Å². The fraction of sp³-hybridized carbons (Fsp3) is 0.400. The molecule has 0 aromatic heterocycles. The van der Waals surface area contributed by atoms with E-state index in [0.717, 1.165) is 4.47 Å². The number of halogens is 2. The monoisotopic (exact) mass is 275 g/mol. The van der Waals surface area contributed by atoms with Gasteiger partial charge in [-0.25, -0.2) is 14.8 Å². The number of nitrogens with zero attached hydrogens (tertiary/aromatic N) is 1. The van der Waals surface area contributed by atoms with Crippen molar-refractivity contribution in [2.75, 3.05) is 20.6 Å². The average Bonchev–Trinajstić information content (AvgIpc) is 2.18. The first-order valence-electron chi connectivity index (χ1n) is 4.63. The van der Waals surface area contributed by atoms with Gasteiger partial charge in [-0.05, 0) is 18.2 Å². The second-order valence-corrected chi connectivity index (χ2v) is 4.39. The molecule has 0 heterocycles. The van der Waals surface area contributed by atoms with Gasteiger partial charge in [0.25, 0.3) is 0 Å². The van der Waals surface area contributed by atoms with E-state index in [1.165, 1.54) is 6.07 Å². The Morgan fingerprint density at radius 1 is 1.53 bits per heavy atom. The Kier molecular flexibility index (Phi) is 4.66. The smallest absolute Gasteiger partial charge is 0.128 e. The molecule has 15 heavy (non-hydrogen) atoms. The van der Waals surface area contributed by atoms with E-state index in [2.05, 4.69) is 21.4 Å². The molecule has 3 N–H and O–H groups in total. The van der Waals surface area contributed by atoms with Crippen molar-refractivity contribution < 1.29 is 4.39 Å². The zero-order valence-corrected chi connectivity index (χ0v) is 10.4. The Morgan fingerprint density at radius 3 is 2.73 bits per heavy atom. The molecule has 0 aliphatic heterocycles. The number of hydrazine groups is 1. The summed E-state index contributed by atoms with van der Waals surface area (Å²) in [6.45, 7) is 0.339. The second kappa shape index (κ2) is 5.55. The highest BCUT2D eigenvalue weighted by molar-refractivity contribution is 9.10. The highest BCUT2D eigenvalue weighted by atomic mass is 79.9. The maximum Gasteiger partial charge on any atom is 0.128 e. The van der Waals surface area contributed by atoms with E-state index in [9.17, 15) is 4.39 Å². The Balaban J connectivity index is 2.95. The van der Waals surface area contributed by atoms with Crippen LogP contribution in [0.3, 0.4) is 0 Å². The van der Waals surface area contributed by atoms with E-state index in [-0.39, 0.29) is 11.9 Å². The molecule has 84 valence electrons. The van der Waals surface area contributed by atoms with Crippen LogP contribution in [0.2, 0.25) is 0 Å². The van der Waals surface area contributed by atoms with Gasteiger partial charge in [0.2, 0.25) is 0 Å². The molecule has 0 saturated heterocycles. The van der Waals surface area contributed by atoms with Crippen molar-refractivity contribution in [1.82, 2.24) is 10.4 Å². The molecular formula is C10H15BrFN3. The second-order valence-electron chi connectivity index (χ2n) is 3.48. The number of nitrogens with one attached hydrogen (secondary N) is 1. The summed E-state index contributed by atoms with van der Waals surface area (Å²) in [5.41, 5.74) is 9.23. The van der Waals surface area contributed by atoms with E-state index in [1.54, 1.807) is 17.1 Å². The largest absolute Gasteiger partial charge is 0.329 e. The van der Waals surface area contributed by atoms with Crippen molar-refractivity contribution in [2.24, 2.45) is 5.73 Å². The van der Waals surface area contributed by atoms with E-state index in [1.807, 2.05) is 14.1 Å². The number of hydrogen-bond acceptors (Lipinski definition) is 3. The highest BCUT2D eigenvalue weighted by Gasteiger charge is 2.14. The van der Waals surface area contributed by atoms with E-state index in [4.69, 9.17) is 5.73 Å². The molecule has 1 unspecified atom stereocenters. The van der Waals surface area contributed by atoms with Gasteiger partial charge in [-0.1, -0.05) is 15.9 Å². The molecular weight excluding hydrogens is 261 g/mol. The van der Waals surface area contributed by atoms with Crippen LogP contribution in [0.25, 0.3) is 0 Å². The number of benzene rings is 1. The normalized spacial score (nSPS) is 13.2. The predicted molar refractivity (Wildman–Crippen MR) is 62.7 cm³/mol. The van der Waals surface area contributed by atoms with Crippen LogP contribution < -0.4 is 11.2 Å². The quantitative estimate of drug-likeness (QED) is 0.822. The molecule has 0 bridgehead atoms. The van der Waals surface area contributed by atoms with Gasteiger partial charge in [0.1, 0.15) is 5.82 Å². The molecule has 5 heteroatoms. The average molecular weight is 276 g/mol. The van der Waals surface area contributed by atoms with Crippen molar-refractivity contribution >= 4 is 15.9 Å². The van der Waals surface area contributed by atoms with E-state index >= 15 is 0 Å². The van der Waals surface area contributed by atoms with Crippen LogP contribution in [0.4, 0.5) is 4.39 Å². The van der Waals surface area contributed by atoms with Crippen LogP contribution in [-0.2, 0) is 0 Å². The summed E-state index contributed by atoms with van der Waals surface area (Å²) in [6, 6.07) is 4.63. The molecule has 0 saturated carbocycles. The third kappa shape index (κ3) is 3.53. The van der Waals surface area contributed by atoms with Crippen LogP contribution in [0.1, 0.15) is 11.6 Å². The number of rotatable bonds is 4. The lowest BCUT2D eigenvalue weighted by Gasteiger charge is -2.22. The SMILES string of the molecule is CN(C)NC(CN)c1cc(Br)ccc1F. The predicted octanol–water partition coefficient (Wildman–Crippen LogP) is 1.65. The van der Waals surface area contributed by atoms with Gasteiger partial charge < -0.3 is 5.73 Å². The summed E-state index contributed by atoms with van der Waals surface area (Å²) >= 11 is 3.31. The van der Waals surface area contributed by atoms with Crippen molar-refractivity contribution in [3.8, 4) is 0 Å². The van der Waals surface area contributed by atoms with Crippen molar-refractivity contribution in [1.29, 1.82) is 0 Å². The lowest BCUT2D eigenvalue weighted by Crippen LogP contribution is -2.38. The Labute approximate surface area is 97.5 Å². The third-order valence-corrected chi connectivity index (χ3v) is 2.48. The maximum atomic E-state index is 13.5. The van der Waals surface area contributed by atoms with E-state index in [0.29, 0.717) is 12.1 Å². The van der Waals surface area contributed by atoms with Gasteiger partial charge in [-0.3, -0.25) is 0 Å². The van der Waals surface area contributed by atoms with Crippen molar-refractivity contribution in [3.05, 3.63) is 34.1 Å². The standard InChI is InChI=1S/C10H15BrFN3/c1-15(2)14-10(6-13)8-5-7(11)3-4-9(8)12/h3-5,10,14H,6,13H2,1-2H3. The molecule has 0 aliphatic carbocycles. The van der Waals surface area contributed by atoms with Crippen LogP contribution in [0, 0.1) is 5.82 Å². The van der Waals surface area contributed by atoms with Crippen LogP contribution in [-0.4, -0.2) is 25.6 Å². The Morgan fingerprint density at radius 2 is 2.20 bits per heavy atom. The van der Waals surface area contributed by atoms with Crippen molar-refractivity contribution in [2.45, 2.75) is 6.04 Å². The summed E-state index contributed by atoms with van der Waals surface area (Å²) in [5, 5.41) is 1.76. The summed E-state index contributed by atoms with van der Waals surface area (Å²) in [7, 11) is 3.69. The first-order chi connectivity index (χ1) is 7.04. The van der Waals surface area contributed by atoms with Crippen molar-refractivity contribution in [3.63, 3.8) is 0 Å². The minimum Gasteiger partial charge on any atom is -0.329 e. The van der Waals surface area contributed by atoms with Gasteiger partial charge in [-0.2, -0.15) is 0 Å². The molecule has 1 aromatic rings. The number of hydrogen-bond donors (Lipinski definition) is 2. The summed E-state index contributed by atoms with van der Waals surface area (Å²) in [5.74, 6) is -0.247. The lowest BCUT2D eigenvalue weighted by molar-refractivity contribution is 0.242.